The maximum absolute atomic E-state index is 10.1. The fraction of sp³-hybridized carbons (Fsp3) is 0.762. The number of hydrogen-bond acceptors (Lipinski definition) is 3. The van der Waals surface area contributed by atoms with E-state index in [1.807, 2.05) is 6.92 Å². The van der Waals surface area contributed by atoms with Gasteiger partial charge in [0.25, 0.3) is 0 Å². The summed E-state index contributed by atoms with van der Waals surface area (Å²) in [4.78, 5) is 0. The third-order valence-electron chi connectivity index (χ3n) is 8.15. The number of hydrogen-bond donors (Lipinski definition) is 2. The normalized spacial score (nSPS) is 48.1. The van der Waals surface area contributed by atoms with Gasteiger partial charge in [-0.15, -0.1) is 0 Å². The highest BCUT2D eigenvalue weighted by atomic mass is 16.4. The van der Waals surface area contributed by atoms with Crippen molar-refractivity contribution in [2.45, 2.75) is 71.8 Å². The van der Waals surface area contributed by atoms with E-state index in [1.54, 1.807) is 5.57 Å². The lowest BCUT2D eigenvalue weighted by atomic mass is 9.48. The molecule has 0 aliphatic heterocycles. The van der Waals surface area contributed by atoms with Crippen LogP contribution in [-0.4, -0.2) is 22.1 Å². The molecule has 4 aliphatic carbocycles. The van der Waals surface area contributed by atoms with Crippen LogP contribution >= 0.6 is 0 Å². The van der Waals surface area contributed by atoms with E-state index in [0.717, 1.165) is 43.7 Å². The number of allylic oxidation sites excluding steroid dienone is 3. The largest absolute Gasteiger partial charge is 0.411 e. The summed E-state index contributed by atoms with van der Waals surface area (Å²) in [5.74, 6) is 1.73. The summed E-state index contributed by atoms with van der Waals surface area (Å²) in [6, 6.07) is 0. The Morgan fingerprint density at radius 3 is 2.62 bits per heavy atom. The molecule has 0 saturated heterocycles. The number of oxime groups is 1. The summed E-state index contributed by atoms with van der Waals surface area (Å²) in [7, 11) is 0. The van der Waals surface area contributed by atoms with Crippen LogP contribution in [0, 0.1) is 28.6 Å². The number of rotatable bonds is 1. The molecule has 0 spiro atoms. The van der Waals surface area contributed by atoms with E-state index in [9.17, 15) is 10.3 Å². The van der Waals surface area contributed by atoms with Crippen molar-refractivity contribution in [1.82, 2.24) is 0 Å². The van der Waals surface area contributed by atoms with Gasteiger partial charge < -0.3 is 10.3 Å². The molecule has 2 N–H and O–H groups in total. The van der Waals surface area contributed by atoms with Crippen LogP contribution in [0.3, 0.4) is 0 Å². The molecule has 0 heterocycles. The van der Waals surface area contributed by atoms with Gasteiger partial charge in [0.15, 0.2) is 0 Å². The van der Waals surface area contributed by atoms with Gasteiger partial charge in [0.2, 0.25) is 0 Å². The van der Waals surface area contributed by atoms with E-state index in [0.29, 0.717) is 11.8 Å². The van der Waals surface area contributed by atoms with Crippen LogP contribution in [0.1, 0.15) is 65.7 Å². The number of aliphatic hydroxyl groups excluding tert-OH is 1. The van der Waals surface area contributed by atoms with Crippen molar-refractivity contribution in [2.24, 2.45) is 33.7 Å². The van der Waals surface area contributed by atoms with Gasteiger partial charge in [0.1, 0.15) is 0 Å². The molecule has 0 aromatic carbocycles. The van der Waals surface area contributed by atoms with Crippen molar-refractivity contribution >= 4 is 5.71 Å². The Morgan fingerprint density at radius 1 is 1.12 bits per heavy atom. The van der Waals surface area contributed by atoms with E-state index >= 15 is 0 Å². The molecule has 0 unspecified atom stereocenters. The Balaban J connectivity index is 1.68. The third-order valence-corrected chi connectivity index (χ3v) is 8.15. The van der Waals surface area contributed by atoms with Crippen molar-refractivity contribution in [1.29, 1.82) is 0 Å². The second kappa shape index (κ2) is 5.45. The van der Waals surface area contributed by atoms with E-state index in [1.165, 1.54) is 18.4 Å². The maximum atomic E-state index is 10.1. The predicted octanol–water partition coefficient (Wildman–Crippen LogP) is 4.70. The second-order valence-electron chi connectivity index (χ2n) is 9.14. The van der Waals surface area contributed by atoms with Crippen molar-refractivity contribution < 1.29 is 10.3 Å². The molecule has 2 saturated carbocycles. The minimum absolute atomic E-state index is 0.131. The van der Waals surface area contributed by atoms with Gasteiger partial charge in [-0.1, -0.05) is 42.3 Å². The highest BCUT2D eigenvalue weighted by Crippen LogP contribution is 2.64. The molecule has 0 radical (unpaired) electrons. The predicted molar refractivity (Wildman–Crippen MR) is 96.1 cm³/mol. The van der Waals surface area contributed by atoms with Gasteiger partial charge in [-0.3, -0.25) is 0 Å². The minimum Gasteiger partial charge on any atom is -0.411 e. The van der Waals surface area contributed by atoms with Crippen LogP contribution < -0.4 is 0 Å². The zero-order valence-corrected chi connectivity index (χ0v) is 15.3. The molecule has 0 bridgehead atoms. The van der Waals surface area contributed by atoms with Gasteiger partial charge in [-0.05, 0) is 74.5 Å². The van der Waals surface area contributed by atoms with Crippen molar-refractivity contribution in [3.63, 3.8) is 0 Å². The summed E-state index contributed by atoms with van der Waals surface area (Å²) >= 11 is 0. The highest BCUT2D eigenvalue weighted by molar-refractivity contribution is 5.86. The molecule has 3 heteroatoms. The average molecular weight is 329 g/mol. The summed E-state index contributed by atoms with van der Waals surface area (Å²) in [5, 5.41) is 22.9. The fourth-order valence-corrected chi connectivity index (χ4v) is 6.69. The van der Waals surface area contributed by atoms with Gasteiger partial charge in [-0.25, -0.2) is 0 Å². The van der Waals surface area contributed by atoms with Crippen LogP contribution in [-0.2, 0) is 0 Å². The minimum atomic E-state index is -0.131. The lowest BCUT2D eigenvalue weighted by Crippen LogP contribution is -2.48. The van der Waals surface area contributed by atoms with Gasteiger partial charge >= 0.3 is 0 Å². The van der Waals surface area contributed by atoms with E-state index in [4.69, 9.17) is 0 Å². The molecule has 0 aromatic rings. The van der Waals surface area contributed by atoms with Crippen LogP contribution in [0.4, 0.5) is 0 Å². The Kier molecular flexibility index (Phi) is 3.72. The zero-order valence-electron chi connectivity index (χ0n) is 15.3. The van der Waals surface area contributed by atoms with E-state index in [2.05, 4.69) is 31.2 Å². The zero-order chi connectivity index (χ0) is 17.1. The van der Waals surface area contributed by atoms with Gasteiger partial charge in [-0.2, -0.15) is 0 Å². The first kappa shape index (κ1) is 16.4. The molecule has 2 fully saturated rings. The standard InChI is InChI=1S/C21H31NO2/c1-13(22-24)17-6-7-18-16-5-4-14-12-15(23)8-10-20(14,2)19(16)9-11-21(17,18)3/h4,7,15-17,19,23-24H,5-6,8-12H2,1-3H3/b22-13+/t15-,16-,17+,19-,20-,21+/m0/s1. The Hall–Kier alpha value is -1.09. The lowest BCUT2D eigenvalue weighted by molar-refractivity contribution is 0.0268. The van der Waals surface area contributed by atoms with Gasteiger partial charge in [0, 0.05) is 5.92 Å². The molecule has 24 heavy (non-hydrogen) atoms. The van der Waals surface area contributed by atoms with Crippen molar-refractivity contribution in [3.05, 3.63) is 23.3 Å². The van der Waals surface area contributed by atoms with Crippen molar-refractivity contribution in [2.75, 3.05) is 0 Å². The first-order valence-electron chi connectivity index (χ1n) is 9.67. The second-order valence-corrected chi connectivity index (χ2v) is 9.14. The van der Waals surface area contributed by atoms with E-state index < -0.39 is 0 Å². The Labute approximate surface area is 145 Å². The monoisotopic (exact) mass is 329 g/mol. The summed E-state index contributed by atoms with van der Waals surface area (Å²) in [6.45, 7) is 6.83. The number of nitrogens with zero attached hydrogens (tertiary/aromatic N) is 1. The third kappa shape index (κ3) is 2.09. The number of aliphatic hydroxyl groups is 1. The lowest BCUT2D eigenvalue weighted by Gasteiger charge is -2.56. The molecule has 0 aromatic heterocycles. The Bertz CT molecular complexity index is 634. The highest BCUT2D eigenvalue weighted by Gasteiger charge is 2.55. The van der Waals surface area contributed by atoms with Crippen LogP contribution in [0.25, 0.3) is 0 Å². The fourth-order valence-electron chi connectivity index (χ4n) is 6.69. The molecular weight excluding hydrogens is 298 g/mol. The van der Waals surface area contributed by atoms with E-state index in [-0.39, 0.29) is 16.9 Å². The molecule has 0 amide bonds. The molecule has 4 aliphatic rings. The van der Waals surface area contributed by atoms with Crippen LogP contribution in [0.15, 0.2) is 28.5 Å². The summed E-state index contributed by atoms with van der Waals surface area (Å²) in [5.41, 5.74) is 4.50. The molecule has 132 valence electrons. The number of fused-ring (bicyclic) bond motifs is 5. The quantitative estimate of drug-likeness (QED) is 0.317. The first-order chi connectivity index (χ1) is 11.4. The van der Waals surface area contributed by atoms with Crippen LogP contribution in [0.5, 0.6) is 0 Å². The smallest absolute Gasteiger partial charge is 0.0582 e. The van der Waals surface area contributed by atoms with Crippen molar-refractivity contribution in [3.8, 4) is 0 Å². The topological polar surface area (TPSA) is 52.8 Å². The maximum Gasteiger partial charge on any atom is 0.0582 e. The first-order valence-corrected chi connectivity index (χ1v) is 9.67. The molecule has 4 rings (SSSR count). The summed E-state index contributed by atoms with van der Waals surface area (Å²) in [6.07, 6.45) is 12.4. The Morgan fingerprint density at radius 2 is 1.88 bits per heavy atom. The molecule has 6 atom stereocenters. The summed E-state index contributed by atoms with van der Waals surface area (Å²) < 4.78 is 0. The molecular formula is C21H31NO2. The SMILES string of the molecule is C/C(=N\O)[C@H]1CC=C2[C@@H]3CC=C4C[C@@H](O)CC[C@]4(C)[C@H]3CC[C@@]21C. The molecule has 3 nitrogen and oxygen atoms in total. The van der Waals surface area contributed by atoms with Gasteiger partial charge in [0.05, 0.1) is 11.8 Å². The van der Waals surface area contributed by atoms with Crippen LogP contribution in [0.2, 0.25) is 0 Å². The average Bonchev–Trinajstić information content (AvgIpc) is 2.92.